The van der Waals surface area contributed by atoms with Gasteiger partial charge in [-0.25, -0.2) is 0 Å². The Hall–Kier alpha value is -1.30. The van der Waals surface area contributed by atoms with Crippen molar-refractivity contribution >= 4 is 0 Å². The molecule has 0 heterocycles. The summed E-state index contributed by atoms with van der Waals surface area (Å²) in [5.41, 5.74) is 2.25. The molecule has 0 aromatic heterocycles. The third kappa shape index (κ3) is 1.06. The lowest BCUT2D eigenvalue weighted by molar-refractivity contribution is 0.427. The van der Waals surface area contributed by atoms with Crippen molar-refractivity contribution in [3.8, 4) is 0 Å². The molecule has 2 atom stereocenters. The van der Waals surface area contributed by atoms with Crippen LogP contribution in [-0.2, 0) is 0 Å². The highest BCUT2D eigenvalue weighted by molar-refractivity contribution is 5.50. The zero-order valence-corrected chi connectivity index (χ0v) is 7.96. The molecule has 0 nitrogen and oxygen atoms in total. The minimum Gasteiger partial charge on any atom is -0.0943 e. The fourth-order valence-corrected chi connectivity index (χ4v) is 1.98. The molecule has 0 spiro atoms. The van der Waals surface area contributed by atoms with Gasteiger partial charge in [0.1, 0.15) is 0 Å². The van der Waals surface area contributed by atoms with E-state index in [4.69, 9.17) is 0 Å². The van der Waals surface area contributed by atoms with E-state index >= 15 is 0 Å². The first-order valence-electron chi connectivity index (χ1n) is 4.57. The maximum absolute atomic E-state index is 4.12. The van der Waals surface area contributed by atoms with E-state index < -0.39 is 0 Å². The van der Waals surface area contributed by atoms with E-state index in [-0.39, 0.29) is 5.41 Å². The van der Waals surface area contributed by atoms with Gasteiger partial charge in [0.2, 0.25) is 0 Å². The number of rotatable bonds is 0. The van der Waals surface area contributed by atoms with Gasteiger partial charge in [0, 0.05) is 11.3 Å². The molecule has 0 radical (unpaired) electrons. The molecule has 0 N–H and O–H groups in total. The highest BCUT2D eigenvalue weighted by Crippen LogP contribution is 2.45. The quantitative estimate of drug-likeness (QED) is 0.522. The second-order valence-electron chi connectivity index (χ2n) is 3.92. The average Bonchev–Trinajstić information content (AvgIpc) is 2.13. The Morgan fingerprint density at radius 3 is 2.77 bits per heavy atom. The molecule has 0 fully saturated rings. The van der Waals surface area contributed by atoms with E-state index in [1.165, 1.54) is 0 Å². The van der Waals surface area contributed by atoms with Crippen LogP contribution in [0.5, 0.6) is 0 Å². The Kier molecular flexibility index (Phi) is 1.66. The van der Waals surface area contributed by atoms with Crippen LogP contribution in [-0.4, -0.2) is 0 Å². The van der Waals surface area contributed by atoms with Crippen molar-refractivity contribution in [3.05, 3.63) is 60.8 Å². The number of fused-ring (bicyclic) bond motifs is 1. The maximum Gasteiger partial charge on any atom is 0.0204 e. The van der Waals surface area contributed by atoms with E-state index in [0.29, 0.717) is 5.92 Å². The second-order valence-corrected chi connectivity index (χ2v) is 3.92. The van der Waals surface area contributed by atoms with E-state index in [2.05, 4.69) is 56.5 Å². The molecule has 2 aliphatic carbocycles. The van der Waals surface area contributed by atoms with Crippen molar-refractivity contribution in [2.75, 3.05) is 0 Å². The highest BCUT2D eigenvalue weighted by Gasteiger charge is 2.35. The Morgan fingerprint density at radius 1 is 1.23 bits per heavy atom. The zero-order valence-electron chi connectivity index (χ0n) is 7.96. The number of hydrogen-bond donors (Lipinski definition) is 0. The van der Waals surface area contributed by atoms with Crippen LogP contribution in [0.2, 0.25) is 0 Å². The molecule has 0 saturated carbocycles. The molecule has 0 saturated heterocycles. The zero-order chi connectivity index (χ0) is 9.47. The third-order valence-electron chi connectivity index (χ3n) is 3.11. The van der Waals surface area contributed by atoms with Crippen molar-refractivity contribution < 1.29 is 0 Å². The summed E-state index contributed by atoms with van der Waals surface area (Å²) in [6, 6.07) is 0. The molecule has 0 bridgehead atoms. The normalized spacial score (nSPS) is 36.5. The lowest BCUT2D eigenvalue weighted by Gasteiger charge is -2.38. The van der Waals surface area contributed by atoms with Gasteiger partial charge in [0.05, 0.1) is 0 Å². The first-order valence-corrected chi connectivity index (χ1v) is 4.57. The van der Waals surface area contributed by atoms with Crippen LogP contribution in [0.1, 0.15) is 6.92 Å². The van der Waals surface area contributed by atoms with Crippen LogP contribution >= 0.6 is 0 Å². The van der Waals surface area contributed by atoms with Crippen LogP contribution in [0.3, 0.4) is 0 Å². The van der Waals surface area contributed by atoms with Gasteiger partial charge in [-0.15, -0.1) is 0 Å². The fraction of sp³-hybridized carbons (Fsp3) is 0.231. The summed E-state index contributed by atoms with van der Waals surface area (Å²) in [5, 5.41) is 0. The van der Waals surface area contributed by atoms with Crippen molar-refractivity contribution in [2.45, 2.75) is 6.92 Å². The Labute approximate surface area is 79.7 Å². The molecule has 66 valence electrons. The van der Waals surface area contributed by atoms with Gasteiger partial charge in [-0.05, 0) is 11.1 Å². The Morgan fingerprint density at radius 2 is 2.00 bits per heavy atom. The van der Waals surface area contributed by atoms with Crippen LogP contribution in [0, 0.1) is 11.3 Å². The molecule has 0 aromatic rings. The van der Waals surface area contributed by atoms with Crippen molar-refractivity contribution in [3.63, 3.8) is 0 Å². The van der Waals surface area contributed by atoms with Crippen molar-refractivity contribution in [2.24, 2.45) is 11.3 Å². The van der Waals surface area contributed by atoms with E-state index in [1.54, 1.807) is 0 Å². The van der Waals surface area contributed by atoms with Crippen LogP contribution in [0.25, 0.3) is 0 Å². The third-order valence-corrected chi connectivity index (χ3v) is 3.11. The molecule has 2 unspecified atom stereocenters. The van der Waals surface area contributed by atoms with Crippen LogP contribution < -0.4 is 0 Å². The molecule has 0 aliphatic heterocycles. The van der Waals surface area contributed by atoms with Gasteiger partial charge in [-0.1, -0.05) is 56.5 Å². The van der Waals surface area contributed by atoms with E-state index in [0.717, 1.165) is 11.1 Å². The molecule has 2 rings (SSSR count). The van der Waals surface area contributed by atoms with Gasteiger partial charge < -0.3 is 0 Å². The highest BCUT2D eigenvalue weighted by atomic mass is 14.4. The van der Waals surface area contributed by atoms with Gasteiger partial charge >= 0.3 is 0 Å². The van der Waals surface area contributed by atoms with Crippen molar-refractivity contribution in [1.82, 2.24) is 0 Å². The lowest BCUT2D eigenvalue weighted by Crippen LogP contribution is -2.29. The molecule has 0 amide bonds. The summed E-state index contributed by atoms with van der Waals surface area (Å²) in [6.45, 7) is 10.3. The van der Waals surface area contributed by atoms with Crippen molar-refractivity contribution in [1.29, 1.82) is 0 Å². The average molecular weight is 170 g/mol. The minimum absolute atomic E-state index is 0.0561. The SMILES string of the molecule is C=C1C=CC2C=CC=CC2(C)C1=C. The lowest BCUT2D eigenvalue weighted by atomic mass is 9.65. The van der Waals surface area contributed by atoms with Crippen LogP contribution in [0.15, 0.2) is 60.8 Å². The van der Waals surface area contributed by atoms with Gasteiger partial charge in [0.15, 0.2) is 0 Å². The van der Waals surface area contributed by atoms with E-state index in [9.17, 15) is 0 Å². The number of allylic oxidation sites excluding steroid dienone is 8. The topological polar surface area (TPSA) is 0 Å². The summed E-state index contributed by atoms with van der Waals surface area (Å²) >= 11 is 0. The molecular formula is C13H14. The maximum atomic E-state index is 4.12. The monoisotopic (exact) mass is 170 g/mol. The molecule has 2 aliphatic rings. The first-order chi connectivity index (χ1) is 6.14. The Balaban J connectivity index is 2.52. The summed E-state index contributed by atoms with van der Waals surface area (Å²) in [6.07, 6.45) is 12.9. The summed E-state index contributed by atoms with van der Waals surface area (Å²) < 4.78 is 0. The smallest absolute Gasteiger partial charge is 0.0204 e. The molecule has 13 heavy (non-hydrogen) atoms. The first kappa shape index (κ1) is 8.31. The second kappa shape index (κ2) is 2.59. The molecular weight excluding hydrogens is 156 g/mol. The predicted octanol–water partition coefficient (Wildman–Crippen LogP) is 3.42. The van der Waals surface area contributed by atoms with Gasteiger partial charge in [0.25, 0.3) is 0 Å². The number of hydrogen-bond acceptors (Lipinski definition) is 0. The predicted molar refractivity (Wildman–Crippen MR) is 57.3 cm³/mol. The van der Waals surface area contributed by atoms with Gasteiger partial charge in [-0.2, -0.15) is 0 Å². The van der Waals surface area contributed by atoms with E-state index in [1.807, 2.05) is 0 Å². The summed E-state index contributed by atoms with van der Waals surface area (Å²) in [5.74, 6) is 0.454. The molecule has 0 heteroatoms. The Bertz CT molecular complexity index is 352. The standard InChI is InChI=1S/C13H14/c1-10-7-8-12-6-4-5-9-13(12,3)11(10)2/h4-9,12H,1-2H2,3H3. The van der Waals surface area contributed by atoms with Gasteiger partial charge in [-0.3, -0.25) is 0 Å². The summed E-state index contributed by atoms with van der Waals surface area (Å²) in [7, 11) is 0. The summed E-state index contributed by atoms with van der Waals surface area (Å²) in [4.78, 5) is 0. The molecule has 0 aromatic carbocycles. The minimum atomic E-state index is 0.0561. The van der Waals surface area contributed by atoms with Crippen LogP contribution in [0.4, 0.5) is 0 Å². The largest absolute Gasteiger partial charge is 0.0943 e. The fourth-order valence-electron chi connectivity index (χ4n) is 1.98.